The number of esters is 1. The molecule has 28 heavy (non-hydrogen) atoms. The standard InChI is InChI=1S/C20H23ClN4O3/c1-3-28-19(26)15-12-17(21)18(22-13-15)24-7-9-25(10-8-24)20(27)23-16-6-4-5-14(2)11-16/h4-6,11-13H,3,7-10H2,1-2H3,(H,23,27). The highest BCUT2D eigenvalue weighted by molar-refractivity contribution is 6.33. The number of amides is 2. The van der Waals surface area contributed by atoms with Gasteiger partial charge in [0, 0.05) is 38.1 Å². The number of urea groups is 1. The number of aryl methyl sites for hydroxylation is 1. The first-order valence-corrected chi connectivity index (χ1v) is 9.56. The largest absolute Gasteiger partial charge is 0.462 e. The number of benzene rings is 1. The summed E-state index contributed by atoms with van der Waals surface area (Å²) in [6.07, 6.45) is 1.47. The maximum Gasteiger partial charge on any atom is 0.339 e. The third-order valence-corrected chi connectivity index (χ3v) is 4.75. The Hall–Kier alpha value is -2.80. The summed E-state index contributed by atoms with van der Waals surface area (Å²) in [7, 11) is 0. The molecule has 0 atom stereocenters. The first kappa shape index (κ1) is 19.9. The first-order valence-electron chi connectivity index (χ1n) is 9.18. The Morgan fingerprint density at radius 1 is 1.21 bits per heavy atom. The number of carbonyl (C=O) groups excluding carboxylic acids is 2. The lowest BCUT2D eigenvalue weighted by Gasteiger charge is -2.35. The van der Waals surface area contributed by atoms with E-state index in [0.29, 0.717) is 49.2 Å². The minimum Gasteiger partial charge on any atom is -0.462 e. The Morgan fingerprint density at radius 2 is 1.96 bits per heavy atom. The summed E-state index contributed by atoms with van der Waals surface area (Å²) in [4.78, 5) is 32.4. The van der Waals surface area contributed by atoms with E-state index in [1.165, 1.54) is 6.20 Å². The van der Waals surface area contributed by atoms with Gasteiger partial charge in [0.25, 0.3) is 0 Å². The van der Waals surface area contributed by atoms with E-state index in [0.717, 1.165) is 11.3 Å². The van der Waals surface area contributed by atoms with Crippen LogP contribution in [0, 0.1) is 6.92 Å². The molecule has 0 saturated carbocycles. The van der Waals surface area contributed by atoms with Crippen molar-refractivity contribution >= 4 is 35.1 Å². The number of halogens is 1. The fourth-order valence-corrected chi connectivity index (χ4v) is 3.32. The van der Waals surface area contributed by atoms with E-state index in [1.54, 1.807) is 17.9 Å². The van der Waals surface area contributed by atoms with Gasteiger partial charge in [-0.05, 0) is 37.6 Å². The molecule has 0 radical (unpaired) electrons. The number of rotatable bonds is 4. The molecule has 2 amide bonds. The van der Waals surface area contributed by atoms with Crippen molar-refractivity contribution in [3.05, 3.63) is 52.7 Å². The topological polar surface area (TPSA) is 74.8 Å². The van der Waals surface area contributed by atoms with Gasteiger partial charge in [0.1, 0.15) is 5.82 Å². The maximum atomic E-state index is 12.5. The highest BCUT2D eigenvalue weighted by atomic mass is 35.5. The van der Waals surface area contributed by atoms with Crippen molar-refractivity contribution in [2.45, 2.75) is 13.8 Å². The van der Waals surface area contributed by atoms with Crippen LogP contribution in [0.5, 0.6) is 0 Å². The van der Waals surface area contributed by atoms with Gasteiger partial charge < -0.3 is 19.9 Å². The molecular formula is C20H23ClN4O3. The quantitative estimate of drug-likeness (QED) is 0.791. The van der Waals surface area contributed by atoms with E-state index in [-0.39, 0.29) is 6.03 Å². The summed E-state index contributed by atoms with van der Waals surface area (Å²) in [5.74, 6) is 0.162. The minimum absolute atomic E-state index is 0.123. The number of hydrogen-bond acceptors (Lipinski definition) is 5. The van der Waals surface area contributed by atoms with Crippen LogP contribution in [0.4, 0.5) is 16.3 Å². The molecule has 0 bridgehead atoms. The van der Waals surface area contributed by atoms with Crippen LogP contribution in [-0.4, -0.2) is 54.7 Å². The van der Waals surface area contributed by atoms with Crippen LogP contribution in [0.15, 0.2) is 36.5 Å². The van der Waals surface area contributed by atoms with E-state index in [1.807, 2.05) is 36.1 Å². The molecule has 148 valence electrons. The predicted octanol–water partition coefficient (Wildman–Crippen LogP) is 3.57. The summed E-state index contributed by atoms with van der Waals surface area (Å²) in [5, 5.41) is 3.32. The smallest absolute Gasteiger partial charge is 0.339 e. The number of anilines is 2. The molecular weight excluding hydrogens is 380 g/mol. The van der Waals surface area contributed by atoms with Gasteiger partial charge in [-0.25, -0.2) is 14.6 Å². The molecule has 1 N–H and O–H groups in total. The summed E-state index contributed by atoms with van der Waals surface area (Å²) in [5.41, 5.74) is 2.20. The number of hydrogen-bond donors (Lipinski definition) is 1. The van der Waals surface area contributed by atoms with Crippen LogP contribution in [0.1, 0.15) is 22.8 Å². The van der Waals surface area contributed by atoms with Crippen LogP contribution in [0.2, 0.25) is 5.02 Å². The SMILES string of the molecule is CCOC(=O)c1cnc(N2CCN(C(=O)Nc3cccc(C)c3)CC2)c(Cl)c1. The number of ether oxygens (including phenoxy) is 1. The number of pyridine rings is 1. The highest BCUT2D eigenvalue weighted by Crippen LogP contribution is 2.25. The van der Waals surface area contributed by atoms with Gasteiger partial charge >= 0.3 is 12.0 Å². The fraction of sp³-hybridized carbons (Fsp3) is 0.350. The molecule has 0 spiro atoms. The number of piperazine rings is 1. The molecule has 1 aromatic carbocycles. The van der Waals surface area contributed by atoms with Gasteiger partial charge in [0.05, 0.1) is 17.2 Å². The number of aromatic nitrogens is 1. The predicted molar refractivity (Wildman–Crippen MR) is 109 cm³/mol. The van der Waals surface area contributed by atoms with Gasteiger partial charge in [-0.15, -0.1) is 0 Å². The molecule has 1 aliphatic heterocycles. The van der Waals surface area contributed by atoms with E-state index >= 15 is 0 Å². The molecule has 1 aromatic heterocycles. The van der Waals surface area contributed by atoms with Crippen molar-refractivity contribution in [1.82, 2.24) is 9.88 Å². The summed E-state index contributed by atoms with van der Waals surface area (Å²) >= 11 is 6.32. The summed E-state index contributed by atoms with van der Waals surface area (Å²) < 4.78 is 4.96. The van der Waals surface area contributed by atoms with E-state index < -0.39 is 5.97 Å². The van der Waals surface area contributed by atoms with Crippen molar-refractivity contribution in [3.8, 4) is 0 Å². The highest BCUT2D eigenvalue weighted by Gasteiger charge is 2.24. The molecule has 1 fully saturated rings. The minimum atomic E-state index is -0.443. The maximum absolute atomic E-state index is 12.5. The zero-order valence-corrected chi connectivity index (χ0v) is 16.7. The molecule has 3 rings (SSSR count). The van der Waals surface area contributed by atoms with Crippen LogP contribution in [-0.2, 0) is 4.74 Å². The molecule has 2 heterocycles. The van der Waals surface area contributed by atoms with Crippen molar-refractivity contribution < 1.29 is 14.3 Å². The van der Waals surface area contributed by atoms with Crippen molar-refractivity contribution in [2.75, 3.05) is 43.0 Å². The van der Waals surface area contributed by atoms with Gasteiger partial charge in [0.15, 0.2) is 0 Å². The fourth-order valence-electron chi connectivity index (χ4n) is 3.04. The Kier molecular flexibility index (Phi) is 6.36. The van der Waals surface area contributed by atoms with Crippen molar-refractivity contribution in [1.29, 1.82) is 0 Å². The third-order valence-electron chi connectivity index (χ3n) is 4.47. The normalized spacial score (nSPS) is 14.0. The first-order chi connectivity index (χ1) is 13.5. The van der Waals surface area contributed by atoms with Crippen LogP contribution < -0.4 is 10.2 Å². The average molecular weight is 403 g/mol. The molecule has 7 nitrogen and oxygen atoms in total. The van der Waals surface area contributed by atoms with E-state index in [4.69, 9.17) is 16.3 Å². The van der Waals surface area contributed by atoms with Gasteiger partial charge in [-0.2, -0.15) is 0 Å². The molecule has 1 aliphatic rings. The second-order valence-corrected chi connectivity index (χ2v) is 6.93. The van der Waals surface area contributed by atoms with Crippen molar-refractivity contribution in [2.24, 2.45) is 0 Å². The monoisotopic (exact) mass is 402 g/mol. The third kappa shape index (κ3) is 4.72. The van der Waals surface area contributed by atoms with E-state index in [2.05, 4.69) is 10.3 Å². The lowest BCUT2D eigenvalue weighted by Crippen LogP contribution is -2.50. The van der Waals surface area contributed by atoms with E-state index in [9.17, 15) is 9.59 Å². The lowest BCUT2D eigenvalue weighted by molar-refractivity contribution is 0.0526. The van der Waals surface area contributed by atoms with Gasteiger partial charge in [-0.1, -0.05) is 23.7 Å². The summed E-state index contributed by atoms with van der Waals surface area (Å²) in [6.45, 7) is 6.34. The molecule has 0 unspecified atom stereocenters. The number of carbonyl (C=O) groups is 2. The Morgan fingerprint density at radius 3 is 2.61 bits per heavy atom. The molecule has 8 heteroatoms. The Labute approximate surface area is 169 Å². The van der Waals surface area contributed by atoms with Gasteiger partial charge in [0.2, 0.25) is 0 Å². The second kappa shape index (κ2) is 8.93. The Bertz CT molecular complexity index is 866. The molecule has 1 saturated heterocycles. The van der Waals surface area contributed by atoms with Crippen LogP contribution in [0.25, 0.3) is 0 Å². The lowest BCUT2D eigenvalue weighted by atomic mass is 10.2. The van der Waals surface area contributed by atoms with Crippen LogP contribution in [0.3, 0.4) is 0 Å². The molecule has 0 aliphatic carbocycles. The zero-order valence-electron chi connectivity index (χ0n) is 15.9. The number of nitrogens with zero attached hydrogens (tertiary/aromatic N) is 3. The summed E-state index contributed by atoms with van der Waals surface area (Å²) in [6, 6.07) is 9.15. The average Bonchev–Trinajstić information content (AvgIpc) is 2.68. The van der Waals surface area contributed by atoms with Crippen LogP contribution >= 0.6 is 11.6 Å². The van der Waals surface area contributed by atoms with Gasteiger partial charge in [-0.3, -0.25) is 0 Å². The zero-order chi connectivity index (χ0) is 20.1. The van der Waals surface area contributed by atoms with Crippen molar-refractivity contribution in [3.63, 3.8) is 0 Å². The number of nitrogens with one attached hydrogen (secondary N) is 1. The second-order valence-electron chi connectivity index (χ2n) is 6.52. The molecule has 2 aromatic rings. The Balaban J connectivity index is 1.59.